The fraction of sp³-hybridized carbons (Fsp3) is 0.154. The van der Waals surface area contributed by atoms with Crippen molar-refractivity contribution >= 4 is 5.97 Å². The lowest BCUT2D eigenvalue weighted by Gasteiger charge is -2.10. The van der Waals surface area contributed by atoms with E-state index in [1.165, 1.54) is 0 Å². The number of fused-ring (bicyclic) bond motifs is 3. The van der Waals surface area contributed by atoms with Gasteiger partial charge in [-0.3, -0.25) is 0 Å². The SMILES string of the molecule is O=C1OC(c2ccc[nH]2)c2c1ccc1c2OCO1. The molecule has 0 amide bonds. The summed E-state index contributed by atoms with van der Waals surface area (Å²) in [5.74, 6) is 0.935. The third kappa shape index (κ3) is 1.13. The summed E-state index contributed by atoms with van der Waals surface area (Å²) in [5.41, 5.74) is 2.11. The Labute approximate surface area is 102 Å². The third-order valence-corrected chi connectivity index (χ3v) is 3.19. The molecule has 90 valence electrons. The molecule has 0 saturated carbocycles. The van der Waals surface area contributed by atoms with E-state index in [0.717, 1.165) is 11.3 Å². The maximum Gasteiger partial charge on any atom is 0.339 e. The summed E-state index contributed by atoms with van der Waals surface area (Å²) < 4.78 is 16.2. The van der Waals surface area contributed by atoms with Gasteiger partial charge in [0.25, 0.3) is 0 Å². The summed E-state index contributed by atoms with van der Waals surface area (Å²) in [5, 5.41) is 0. The lowest BCUT2D eigenvalue weighted by atomic mass is 10.0. The molecule has 18 heavy (non-hydrogen) atoms. The van der Waals surface area contributed by atoms with Crippen molar-refractivity contribution < 1.29 is 19.0 Å². The number of hydrogen-bond donors (Lipinski definition) is 1. The molecular weight excluding hydrogens is 234 g/mol. The molecule has 1 unspecified atom stereocenters. The largest absolute Gasteiger partial charge is 0.454 e. The predicted molar refractivity (Wildman–Crippen MR) is 60.6 cm³/mol. The number of rotatable bonds is 1. The second kappa shape index (κ2) is 3.29. The number of cyclic esters (lactones) is 1. The summed E-state index contributed by atoms with van der Waals surface area (Å²) >= 11 is 0. The lowest BCUT2D eigenvalue weighted by molar-refractivity contribution is 0.0448. The Morgan fingerprint density at radius 2 is 2.17 bits per heavy atom. The lowest BCUT2D eigenvalue weighted by Crippen LogP contribution is -2.02. The first kappa shape index (κ1) is 9.58. The van der Waals surface area contributed by atoms with Gasteiger partial charge in [0.15, 0.2) is 17.6 Å². The minimum Gasteiger partial charge on any atom is -0.454 e. The first-order valence-electron chi connectivity index (χ1n) is 5.61. The third-order valence-electron chi connectivity index (χ3n) is 3.19. The normalized spacial score (nSPS) is 19.8. The highest BCUT2D eigenvalue weighted by Gasteiger charge is 2.38. The molecule has 1 N–H and O–H groups in total. The van der Waals surface area contributed by atoms with Crippen molar-refractivity contribution in [1.82, 2.24) is 4.98 Å². The van der Waals surface area contributed by atoms with E-state index >= 15 is 0 Å². The van der Waals surface area contributed by atoms with Crippen LogP contribution in [-0.2, 0) is 4.74 Å². The molecule has 0 aliphatic carbocycles. The first-order chi connectivity index (χ1) is 8.84. The Morgan fingerprint density at radius 1 is 1.22 bits per heavy atom. The highest BCUT2D eigenvalue weighted by molar-refractivity contribution is 5.96. The number of hydrogen-bond acceptors (Lipinski definition) is 4. The van der Waals surface area contributed by atoms with Crippen LogP contribution >= 0.6 is 0 Å². The van der Waals surface area contributed by atoms with Gasteiger partial charge in [-0.15, -0.1) is 0 Å². The zero-order valence-electron chi connectivity index (χ0n) is 9.30. The van der Waals surface area contributed by atoms with E-state index in [2.05, 4.69) is 4.98 Å². The van der Waals surface area contributed by atoms with Crippen LogP contribution in [0.1, 0.15) is 27.7 Å². The van der Waals surface area contributed by atoms with Crippen LogP contribution in [0.3, 0.4) is 0 Å². The van der Waals surface area contributed by atoms with Crippen molar-refractivity contribution in [2.75, 3.05) is 6.79 Å². The molecule has 0 saturated heterocycles. The van der Waals surface area contributed by atoms with Gasteiger partial charge in [-0.2, -0.15) is 0 Å². The van der Waals surface area contributed by atoms with E-state index in [1.54, 1.807) is 18.3 Å². The van der Waals surface area contributed by atoms with Crippen LogP contribution in [0.2, 0.25) is 0 Å². The molecule has 2 aliphatic heterocycles. The second-order valence-electron chi connectivity index (χ2n) is 4.17. The zero-order chi connectivity index (χ0) is 12.1. The van der Waals surface area contributed by atoms with Crippen molar-refractivity contribution in [2.24, 2.45) is 0 Å². The summed E-state index contributed by atoms with van der Waals surface area (Å²) in [6.07, 6.45) is 1.35. The minimum atomic E-state index is -0.445. The minimum absolute atomic E-state index is 0.178. The maximum absolute atomic E-state index is 11.8. The number of esters is 1. The van der Waals surface area contributed by atoms with Crippen molar-refractivity contribution in [1.29, 1.82) is 0 Å². The van der Waals surface area contributed by atoms with Crippen LogP contribution in [-0.4, -0.2) is 17.7 Å². The number of aromatic nitrogens is 1. The molecule has 3 heterocycles. The van der Waals surface area contributed by atoms with E-state index in [1.807, 2.05) is 12.1 Å². The Balaban J connectivity index is 1.94. The molecule has 2 aliphatic rings. The van der Waals surface area contributed by atoms with Crippen LogP contribution in [0.5, 0.6) is 11.5 Å². The van der Waals surface area contributed by atoms with Crippen molar-refractivity contribution in [3.05, 3.63) is 47.3 Å². The number of carbonyl (C=O) groups excluding carboxylic acids is 1. The maximum atomic E-state index is 11.8. The van der Waals surface area contributed by atoms with Gasteiger partial charge in [-0.25, -0.2) is 4.79 Å². The van der Waals surface area contributed by atoms with E-state index in [9.17, 15) is 4.79 Å². The standard InChI is InChI=1S/C13H9NO4/c15-13-7-3-4-9-12(17-6-16-9)10(7)11(18-13)8-2-1-5-14-8/h1-5,11,14H,6H2. The molecule has 0 radical (unpaired) electrons. The molecule has 0 spiro atoms. The van der Waals surface area contributed by atoms with Gasteiger partial charge in [0, 0.05) is 6.20 Å². The smallest absolute Gasteiger partial charge is 0.339 e. The molecule has 0 bridgehead atoms. The molecule has 2 aromatic rings. The highest BCUT2D eigenvalue weighted by Crippen LogP contribution is 2.47. The summed E-state index contributed by atoms with van der Waals surface area (Å²) in [6, 6.07) is 7.19. The van der Waals surface area contributed by atoms with Crippen LogP contribution in [0, 0.1) is 0 Å². The first-order valence-corrected chi connectivity index (χ1v) is 5.61. The molecule has 5 nitrogen and oxygen atoms in total. The van der Waals surface area contributed by atoms with Crippen LogP contribution < -0.4 is 9.47 Å². The van der Waals surface area contributed by atoms with Crippen molar-refractivity contribution in [2.45, 2.75) is 6.10 Å². The number of benzene rings is 1. The van der Waals surface area contributed by atoms with Crippen molar-refractivity contribution in [3.8, 4) is 11.5 Å². The molecule has 1 aromatic carbocycles. The van der Waals surface area contributed by atoms with Gasteiger partial charge in [-0.05, 0) is 24.3 Å². The fourth-order valence-corrected chi connectivity index (χ4v) is 2.39. The van der Waals surface area contributed by atoms with Gasteiger partial charge in [0.05, 0.1) is 16.8 Å². The van der Waals surface area contributed by atoms with Crippen molar-refractivity contribution in [3.63, 3.8) is 0 Å². The molecule has 1 aromatic heterocycles. The average molecular weight is 243 g/mol. The Morgan fingerprint density at radius 3 is 3.00 bits per heavy atom. The van der Waals surface area contributed by atoms with Gasteiger partial charge in [0.1, 0.15) is 0 Å². The van der Waals surface area contributed by atoms with Gasteiger partial charge < -0.3 is 19.2 Å². The Kier molecular flexibility index (Phi) is 1.75. The van der Waals surface area contributed by atoms with E-state index in [-0.39, 0.29) is 12.8 Å². The number of carbonyl (C=O) groups is 1. The second-order valence-corrected chi connectivity index (χ2v) is 4.17. The number of ether oxygens (including phenoxy) is 3. The average Bonchev–Trinajstić information content (AvgIpc) is 3.05. The Bertz CT molecular complexity index is 633. The molecule has 4 rings (SSSR count). The van der Waals surface area contributed by atoms with Crippen LogP contribution in [0.25, 0.3) is 0 Å². The predicted octanol–water partition coefficient (Wildman–Crippen LogP) is 2.00. The summed E-state index contributed by atoms with van der Waals surface area (Å²) in [4.78, 5) is 14.9. The van der Waals surface area contributed by atoms with E-state index < -0.39 is 6.10 Å². The topological polar surface area (TPSA) is 60.6 Å². The molecule has 1 atom stereocenters. The van der Waals surface area contributed by atoms with E-state index in [4.69, 9.17) is 14.2 Å². The molecular formula is C13H9NO4. The summed E-state index contributed by atoms with van der Waals surface area (Å²) in [7, 11) is 0. The number of nitrogens with one attached hydrogen (secondary N) is 1. The van der Waals surface area contributed by atoms with Gasteiger partial charge in [-0.1, -0.05) is 0 Å². The van der Waals surface area contributed by atoms with E-state index in [0.29, 0.717) is 17.1 Å². The molecule has 0 fully saturated rings. The Hall–Kier alpha value is -2.43. The monoisotopic (exact) mass is 243 g/mol. The summed E-state index contributed by atoms with van der Waals surface area (Å²) in [6.45, 7) is 0.178. The van der Waals surface area contributed by atoms with Crippen LogP contribution in [0.15, 0.2) is 30.5 Å². The van der Waals surface area contributed by atoms with Gasteiger partial charge >= 0.3 is 5.97 Å². The van der Waals surface area contributed by atoms with Gasteiger partial charge in [0.2, 0.25) is 6.79 Å². The number of aromatic amines is 1. The van der Waals surface area contributed by atoms with Crippen LogP contribution in [0.4, 0.5) is 0 Å². The number of H-pyrrole nitrogens is 1. The quantitative estimate of drug-likeness (QED) is 0.778. The fourth-order valence-electron chi connectivity index (χ4n) is 2.39. The molecule has 5 heteroatoms. The zero-order valence-corrected chi connectivity index (χ0v) is 9.30. The highest BCUT2D eigenvalue weighted by atomic mass is 16.7.